The summed E-state index contributed by atoms with van der Waals surface area (Å²) >= 11 is 0. The van der Waals surface area contributed by atoms with Gasteiger partial charge in [0.05, 0.1) is 5.56 Å². The van der Waals surface area contributed by atoms with E-state index >= 15 is 0 Å². The number of carbonyl (C=O) groups excluding carboxylic acids is 1. The predicted molar refractivity (Wildman–Crippen MR) is 120 cm³/mol. The lowest BCUT2D eigenvalue weighted by atomic mass is 10.1. The summed E-state index contributed by atoms with van der Waals surface area (Å²) in [4.78, 5) is 16.9. The number of nitrogens with zero attached hydrogens (tertiary/aromatic N) is 2. The minimum atomic E-state index is -0.243. The number of nitrogens with one attached hydrogen (secondary N) is 1. The molecule has 1 heterocycles. The van der Waals surface area contributed by atoms with Gasteiger partial charge in [-0.15, -0.1) is 0 Å². The molecule has 0 radical (unpaired) electrons. The van der Waals surface area contributed by atoms with Gasteiger partial charge in [0.1, 0.15) is 5.75 Å². The lowest BCUT2D eigenvalue weighted by Crippen LogP contribution is -2.20. The molecule has 156 valence electrons. The van der Waals surface area contributed by atoms with E-state index in [1.54, 1.807) is 6.07 Å². The van der Waals surface area contributed by atoms with Crippen LogP contribution in [0.3, 0.4) is 0 Å². The third-order valence-electron chi connectivity index (χ3n) is 4.83. The maximum Gasteiger partial charge on any atom is 0.262 e. The molecule has 0 unspecified atom stereocenters. The van der Waals surface area contributed by atoms with E-state index in [1.807, 2.05) is 81.4 Å². The molecule has 0 aliphatic rings. The number of aryl methyl sites for hydroxylation is 3. The fourth-order valence-corrected chi connectivity index (χ4v) is 3.29. The molecule has 6 heteroatoms. The zero-order valence-corrected chi connectivity index (χ0v) is 17.7. The summed E-state index contributed by atoms with van der Waals surface area (Å²) in [6, 6.07) is 21.0. The highest BCUT2D eigenvalue weighted by Crippen LogP contribution is 2.30. The van der Waals surface area contributed by atoms with Crippen molar-refractivity contribution in [2.24, 2.45) is 0 Å². The molecule has 1 N–H and O–H groups in total. The van der Waals surface area contributed by atoms with Gasteiger partial charge >= 0.3 is 0 Å². The van der Waals surface area contributed by atoms with E-state index in [0.717, 1.165) is 27.9 Å². The summed E-state index contributed by atoms with van der Waals surface area (Å²) in [7, 11) is 0. The molecular formula is C25H23N3O3. The van der Waals surface area contributed by atoms with Gasteiger partial charge in [-0.05, 0) is 50.6 Å². The van der Waals surface area contributed by atoms with Crippen LogP contribution in [-0.4, -0.2) is 22.7 Å². The van der Waals surface area contributed by atoms with Crippen molar-refractivity contribution in [1.29, 1.82) is 0 Å². The van der Waals surface area contributed by atoms with Crippen molar-refractivity contribution in [3.63, 3.8) is 0 Å². The van der Waals surface area contributed by atoms with E-state index in [-0.39, 0.29) is 12.5 Å². The molecule has 4 rings (SSSR count). The van der Waals surface area contributed by atoms with E-state index < -0.39 is 0 Å². The Morgan fingerprint density at radius 2 is 1.77 bits per heavy atom. The van der Waals surface area contributed by atoms with Crippen LogP contribution in [0.2, 0.25) is 0 Å². The number of benzene rings is 3. The molecule has 0 atom stereocenters. The van der Waals surface area contributed by atoms with E-state index in [9.17, 15) is 4.79 Å². The molecule has 1 aromatic heterocycles. The summed E-state index contributed by atoms with van der Waals surface area (Å²) < 4.78 is 11.3. The number of anilines is 1. The highest BCUT2D eigenvalue weighted by Gasteiger charge is 2.16. The molecule has 4 aromatic rings. The minimum Gasteiger partial charge on any atom is -0.483 e. The highest BCUT2D eigenvalue weighted by atomic mass is 16.5. The van der Waals surface area contributed by atoms with Gasteiger partial charge in [0.25, 0.3) is 11.8 Å². The maximum atomic E-state index is 12.4. The molecule has 3 aromatic carbocycles. The van der Waals surface area contributed by atoms with E-state index in [2.05, 4.69) is 15.5 Å². The molecule has 1 amide bonds. The number of aromatic nitrogens is 2. The number of hydrogen-bond acceptors (Lipinski definition) is 5. The second-order valence-corrected chi connectivity index (χ2v) is 7.44. The largest absolute Gasteiger partial charge is 0.483 e. The van der Waals surface area contributed by atoms with Crippen LogP contribution >= 0.6 is 0 Å². The monoisotopic (exact) mass is 413 g/mol. The Kier molecular flexibility index (Phi) is 5.80. The van der Waals surface area contributed by atoms with Crippen LogP contribution in [0.1, 0.15) is 16.7 Å². The van der Waals surface area contributed by atoms with Crippen molar-refractivity contribution in [3.05, 3.63) is 83.4 Å². The van der Waals surface area contributed by atoms with Crippen LogP contribution in [0.5, 0.6) is 5.75 Å². The van der Waals surface area contributed by atoms with E-state index in [1.165, 1.54) is 0 Å². The number of amides is 1. The van der Waals surface area contributed by atoms with Gasteiger partial charge < -0.3 is 14.6 Å². The fourth-order valence-electron chi connectivity index (χ4n) is 3.29. The quantitative estimate of drug-likeness (QED) is 0.461. The first-order valence-corrected chi connectivity index (χ1v) is 9.99. The van der Waals surface area contributed by atoms with Gasteiger partial charge in [-0.1, -0.05) is 58.7 Å². The van der Waals surface area contributed by atoms with Crippen molar-refractivity contribution in [2.75, 3.05) is 11.9 Å². The number of rotatable bonds is 6. The van der Waals surface area contributed by atoms with Gasteiger partial charge in [0, 0.05) is 11.3 Å². The zero-order valence-electron chi connectivity index (χ0n) is 17.7. The first kappa shape index (κ1) is 20.3. The molecule has 0 fully saturated rings. The maximum absolute atomic E-state index is 12.4. The van der Waals surface area contributed by atoms with Crippen LogP contribution in [-0.2, 0) is 4.79 Å². The van der Waals surface area contributed by atoms with Gasteiger partial charge in [0.2, 0.25) is 5.82 Å². The van der Waals surface area contributed by atoms with Crippen LogP contribution in [0.15, 0.2) is 71.3 Å². The molecular weight excluding hydrogens is 390 g/mol. The lowest BCUT2D eigenvalue weighted by molar-refractivity contribution is -0.118. The molecule has 0 spiro atoms. The van der Waals surface area contributed by atoms with Crippen LogP contribution in [0.25, 0.3) is 22.8 Å². The summed E-state index contributed by atoms with van der Waals surface area (Å²) in [6.07, 6.45) is 0. The molecule has 0 bridgehead atoms. The molecule has 0 saturated heterocycles. The SMILES string of the molecule is Cc1cccc(-c2noc(-c3ccccc3OCC(=O)Nc3ccc(C)cc3C)n2)c1. The van der Waals surface area contributed by atoms with Crippen molar-refractivity contribution >= 4 is 11.6 Å². The third-order valence-corrected chi connectivity index (χ3v) is 4.83. The Balaban J connectivity index is 1.48. The van der Waals surface area contributed by atoms with Crippen molar-refractivity contribution in [2.45, 2.75) is 20.8 Å². The van der Waals surface area contributed by atoms with Crippen LogP contribution in [0, 0.1) is 20.8 Å². The standard InChI is InChI=1S/C25H23N3O3/c1-16-7-6-8-19(14-16)24-27-25(31-28-24)20-9-4-5-10-22(20)30-15-23(29)26-21-12-11-17(2)13-18(21)3/h4-14H,15H2,1-3H3,(H,26,29). The smallest absolute Gasteiger partial charge is 0.262 e. The van der Waals surface area contributed by atoms with Gasteiger partial charge in [-0.25, -0.2) is 0 Å². The van der Waals surface area contributed by atoms with Crippen molar-refractivity contribution < 1.29 is 14.1 Å². The van der Waals surface area contributed by atoms with Crippen LogP contribution in [0.4, 0.5) is 5.69 Å². The third kappa shape index (κ3) is 4.80. The van der Waals surface area contributed by atoms with Gasteiger partial charge in [-0.2, -0.15) is 4.98 Å². The second kappa shape index (κ2) is 8.83. The molecule has 0 aliphatic carbocycles. The number of carbonyl (C=O) groups is 1. The average Bonchev–Trinajstić information content (AvgIpc) is 3.25. The topological polar surface area (TPSA) is 77.2 Å². The number of hydrogen-bond donors (Lipinski definition) is 1. The Bertz CT molecular complexity index is 1230. The Hall–Kier alpha value is -3.93. The first-order valence-electron chi connectivity index (χ1n) is 9.99. The summed E-state index contributed by atoms with van der Waals surface area (Å²) in [5.74, 6) is 1.09. The molecule has 0 saturated carbocycles. The summed E-state index contributed by atoms with van der Waals surface area (Å²) in [6.45, 7) is 5.85. The summed E-state index contributed by atoms with van der Waals surface area (Å²) in [5, 5.41) is 6.97. The number of para-hydroxylation sites is 1. The van der Waals surface area contributed by atoms with E-state index in [4.69, 9.17) is 9.26 Å². The lowest BCUT2D eigenvalue weighted by Gasteiger charge is -2.11. The fraction of sp³-hybridized carbons (Fsp3) is 0.160. The Morgan fingerprint density at radius 1 is 0.968 bits per heavy atom. The highest BCUT2D eigenvalue weighted by molar-refractivity contribution is 5.92. The van der Waals surface area contributed by atoms with Gasteiger partial charge in [-0.3, -0.25) is 4.79 Å². The number of ether oxygens (including phenoxy) is 1. The molecule has 6 nitrogen and oxygen atoms in total. The average molecular weight is 413 g/mol. The van der Waals surface area contributed by atoms with E-state index in [0.29, 0.717) is 23.0 Å². The predicted octanol–water partition coefficient (Wildman–Crippen LogP) is 5.35. The summed E-state index contributed by atoms with van der Waals surface area (Å²) in [5.41, 5.74) is 5.54. The molecule has 0 aliphatic heterocycles. The van der Waals surface area contributed by atoms with Crippen molar-refractivity contribution in [3.8, 4) is 28.6 Å². The Morgan fingerprint density at radius 3 is 2.58 bits per heavy atom. The zero-order chi connectivity index (χ0) is 21.8. The Labute approximate surface area is 180 Å². The normalized spacial score (nSPS) is 10.7. The van der Waals surface area contributed by atoms with Crippen LogP contribution < -0.4 is 10.1 Å². The first-order chi connectivity index (χ1) is 15.0. The second-order valence-electron chi connectivity index (χ2n) is 7.44. The minimum absolute atomic E-state index is 0.136. The molecule has 31 heavy (non-hydrogen) atoms. The van der Waals surface area contributed by atoms with Crippen molar-refractivity contribution in [1.82, 2.24) is 10.1 Å². The van der Waals surface area contributed by atoms with Gasteiger partial charge in [0.15, 0.2) is 6.61 Å².